The molecule has 0 saturated heterocycles. The maximum absolute atomic E-state index is 12.7. The molecule has 0 aliphatic carbocycles. The summed E-state index contributed by atoms with van der Waals surface area (Å²) in [6.07, 6.45) is -0.341. The molecule has 0 fully saturated rings. The van der Waals surface area contributed by atoms with Gasteiger partial charge in [-0.15, -0.1) is 0 Å². The lowest BCUT2D eigenvalue weighted by Crippen LogP contribution is -2.44. The van der Waals surface area contributed by atoms with E-state index in [2.05, 4.69) is 0 Å². The van der Waals surface area contributed by atoms with Crippen LogP contribution < -0.4 is 4.90 Å². The van der Waals surface area contributed by atoms with Crippen LogP contribution in [0.5, 0.6) is 0 Å². The lowest BCUT2D eigenvalue weighted by molar-refractivity contribution is -0.127. The molecule has 0 radical (unpaired) electrons. The molecular formula is C18H17NO3. The summed E-state index contributed by atoms with van der Waals surface area (Å²) in [6, 6.07) is 16.7. The van der Waals surface area contributed by atoms with Crippen molar-refractivity contribution in [3.05, 3.63) is 65.7 Å². The molecule has 0 saturated carbocycles. The van der Waals surface area contributed by atoms with Gasteiger partial charge in [0.15, 0.2) is 6.10 Å². The van der Waals surface area contributed by atoms with Crippen molar-refractivity contribution in [2.75, 3.05) is 11.4 Å². The molecular weight excluding hydrogens is 278 g/mol. The molecule has 0 aromatic heterocycles. The summed E-state index contributed by atoms with van der Waals surface area (Å²) in [7, 11) is 0. The van der Waals surface area contributed by atoms with Crippen LogP contribution in [-0.4, -0.2) is 24.5 Å². The molecule has 1 aliphatic rings. The molecule has 3 rings (SSSR count). The van der Waals surface area contributed by atoms with Gasteiger partial charge in [-0.3, -0.25) is 4.79 Å². The Kier molecular flexibility index (Phi) is 3.92. The van der Waals surface area contributed by atoms with Crippen LogP contribution in [0, 0.1) is 0 Å². The summed E-state index contributed by atoms with van der Waals surface area (Å²) in [4.78, 5) is 26.4. The molecule has 112 valence electrons. The van der Waals surface area contributed by atoms with E-state index in [1.54, 1.807) is 17.0 Å². The van der Waals surface area contributed by atoms with Crippen LogP contribution in [-0.2, 0) is 16.0 Å². The van der Waals surface area contributed by atoms with Gasteiger partial charge in [-0.1, -0.05) is 36.4 Å². The molecule has 2 aromatic rings. The number of rotatable bonds is 3. The first-order chi connectivity index (χ1) is 10.7. The van der Waals surface area contributed by atoms with E-state index in [0.717, 1.165) is 11.3 Å². The highest BCUT2D eigenvalue weighted by Crippen LogP contribution is 2.23. The number of anilines is 1. The number of ether oxygens (including phenoxy) is 1. The second-order valence-corrected chi connectivity index (χ2v) is 5.17. The second-order valence-electron chi connectivity index (χ2n) is 5.17. The zero-order valence-corrected chi connectivity index (χ0v) is 12.4. The third-order valence-corrected chi connectivity index (χ3v) is 3.82. The first kappa shape index (κ1) is 14.3. The van der Waals surface area contributed by atoms with Crippen molar-refractivity contribution in [2.45, 2.75) is 19.4 Å². The van der Waals surface area contributed by atoms with E-state index in [-0.39, 0.29) is 5.91 Å². The fourth-order valence-corrected chi connectivity index (χ4v) is 2.72. The summed E-state index contributed by atoms with van der Waals surface area (Å²) in [5.74, 6) is -0.610. The topological polar surface area (TPSA) is 46.6 Å². The predicted molar refractivity (Wildman–Crippen MR) is 83.8 cm³/mol. The van der Waals surface area contributed by atoms with Gasteiger partial charge < -0.3 is 9.64 Å². The minimum absolute atomic E-state index is 0.184. The average molecular weight is 295 g/mol. The average Bonchev–Trinajstić information content (AvgIpc) is 2.56. The standard InChI is InChI=1S/C18H17NO3/c1-2-19(14-9-4-3-5-10-14)17(20)16-12-13-8-6-7-11-15(13)18(21)22-16/h3-11,16H,2,12H2,1H3. The van der Waals surface area contributed by atoms with Crippen molar-refractivity contribution in [2.24, 2.45) is 0 Å². The molecule has 1 amide bonds. The Morgan fingerprint density at radius 1 is 1.14 bits per heavy atom. The number of para-hydroxylation sites is 1. The molecule has 4 nitrogen and oxygen atoms in total. The number of esters is 1. The first-order valence-corrected chi connectivity index (χ1v) is 7.36. The van der Waals surface area contributed by atoms with Gasteiger partial charge in [0.25, 0.3) is 5.91 Å². The lowest BCUT2D eigenvalue weighted by atomic mass is 9.98. The molecule has 0 N–H and O–H groups in total. The van der Waals surface area contributed by atoms with Crippen molar-refractivity contribution >= 4 is 17.6 Å². The quantitative estimate of drug-likeness (QED) is 0.818. The van der Waals surface area contributed by atoms with E-state index < -0.39 is 12.1 Å². The third kappa shape index (κ3) is 2.60. The summed E-state index contributed by atoms with van der Waals surface area (Å²) in [6.45, 7) is 2.43. The molecule has 2 aromatic carbocycles. The number of likely N-dealkylation sites (N-methyl/N-ethyl adjacent to an activating group) is 1. The number of benzene rings is 2. The number of amides is 1. The largest absolute Gasteiger partial charge is 0.448 e. The zero-order chi connectivity index (χ0) is 15.5. The predicted octanol–water partition coefficient (Wildman–Crippen LogP) is 2.82. The number of hydrogen-bond donors (Lipinski definition) is 0. The van der Waals surface area contributed by atoms with Crippen molar-refractivity contribution in [1.82, 2.24) is 0 Å². The lowest BCUT2D eigenvalue weighted by Gasteiger charge is -2.29. The zero-order valence-electron chi connectivity index (χ0n) is 12.4. The molecule has 22 heavy (non-hydrogen) atoms. The molecule has 0 spiro atoms. The fraction of sp³-hybridized carbons (Fsp3) is 0.222. The van der Waals surface area contributed by atoms with Gasteiger partial charge in [-0.25, -0.2) is 4.79 Å². The Balaban J connectivity index is 1.85. The van der Waals surface area contributed by atoms with Crippen LogP contribution in [0.15, 0.2) is 54.6 Å². The number of cyclic esters (lactones) is 1. The highest BCUT2D eigenvalue weighted by molar-refractivity contribution is 6.01. The maximum Gasteiger partial charge on any atom is 0.339 e. The number of carbonyl (C=O) groups excluding carboxylic acids is 2. The first-order valence-electron chi connectivity index (χ1n) is 7.36. The van der Waals surface area contributed by atoms with Crippen molar-refractivity contribution in [3.8, 4) is 0 Å². The Hall–Kier alpha value is -2.62. The van der Waals surface area contributed by atoms with Crippen molar-refractivity contribution < 1.29 is 14.3 Å². The Morgan fingerprint density at radius 3 is 2.55 bits per heavy atom. The minimum atomic E-state index is -0.762. The monoisotopic (exact) mass is 295 g/mol. The van der Waals surface area contributed by atoms with Crippen LogP contribution in [0.3, 0.4) is 0 Å². The number of carbonyl (C=O) groups is 2. The van der Waals surface area contributed by atoms with Crippen molar-refractivity contribution in [1.29, 1.82) is 0 Å². The van der Waals surface area contributed by atoms with Crippen molar-refractivity contribution in [3.63, 3.8) is 0 Å². The maximum atomic E-state index is 12.7. The van der Waals surface area contributed by atoms with Gasteiger partial charge in [0, 0.05) is 18.7 Å². The van der Waals surface area contributed by atoms with Gasteiger partial charge in [-0.2, -0.15) is 0 Å². The Bertz CT molecular complexity index is 696. The van der Waals surface area contributed by atoms with Gasteiger partial charge >= 0.3 is 5.97 Å². The molecule has 1 aliphatic heterocycles. The normalized spacial score (nSPS) is 16.6. The molecule has 1 atom stereocenters. The Morgan fingerprint density at radius 2 is 1.82 bits per heavy atom. The number of fused-ring (bicyclic) bond motifs is 1. The van der Waals surface area contributed by atoms with E-state index in [4.69, 9.17) is 4.74 Å². The van der Waals surface area contributed by atoms with E-state index in [1.807, 2.05) is 49.4 Å². The Labute approximate surface area is 129 Å². The van der Waals surface area contributed by atoms with Crippen LogP contribution >= 0.6 is 0 Å². The molecule has 4 heteroatoms. The molecule has 1 heterocycles. The summed E-state index contributed by atoms with van der Waals surface area (Å²) in [5.41, 5.74) is 2.22. The van der Waals surface area contributed by atoms with Crippen LogP contribution in [0.25, 0.3) is 0 Å². The summed E-state index contributed by atoms with van der Waals surface area (Å²) in [5, 5.41) is 0. The second kappa shape index (κ2) is 6.02. The molecule has 1 unspecified atom stereocenters. The highest BCUT2D eigenvalue weighted by atomic mass is 16.5. The number of nitrogens with zero attached hydrogens (tertiary/aromatic N) is 1. The molecule has 0 bridgehead atoms. The number of hydrogen-bond acceptors (Lipinski definition) is 3. The van der Waals surface area contributed by atoms with Gasteiger partial charge in [-0.05, 0) is 30.7 Å². The van der Waals surface area contributed by atoms with E-state index in [1.165, 1.54) is 0 Å². The highest BCUT2D eigenvalue weighted by Gasteiger charge is 2.33. The summed E-state index contributed by atoms with van der Waals surface area (Å²) < 4.78 is 5.35. The van der Waals surface area contributed by atoms with Crippen LogP contribution in [0.4, 0.5) is 5.69 Å². The van der Waals surface area contributed by atoms with E-state index in [9.17, 15) is 9.59 Å². The SMILES string of the molecule is CCN(C(=O)C1Cc2ccccc2C(=O)O1)c1ccccc1. The van der Waals surface area contributed by atoms with Gasteiger partial charge in [0.1, 0.15) is 0 Å². The smallest absolute Gasteiger partial charge is 0.339 e. The minimum Gasteiger partial charge on any atom is -0.448 e. The third-order valence-electron chi connectivity index (χ3n) is 3.82. The van der Waals surface area contributed by atoms with Gasteiger partial charge in [0.05, 0.1) is 5.56 Å². The summed E-state index contributed by atoms with van der Waals surface area (Å²) >= 11 is 0. The van der Waals surface area contributed by atoms with Gasteiger partial charge in [0.2, 0.25) is 0 Å². The fourth-order valence-electron chi connectivity index (χ4n) is 2.72. The van der Waals surface area contributed by atoms with E-state index >= 15 is 0 Å². The van der Waals surface area contributed by atoms with Crippen LogP contribution in [0.2, 0.25) is 0 Å². The van der Waals surface area contributed by atoms with E-state index in [0.29, 0.717) is 18.5 Å². The van der Waals surface area contributed by atoms with Crippen LogP contribution in [0.1, 0.15) is 22.8 Å².